The van der Waals surface area contributed by atoms with Gasteiger partial charge in [-0.15, -0.1) is 0 Å². The van der Waals surface area contributed by atoms with Crippen LogP contribution in [0.4, 0.5) is 8.78 Å². The van der Waals surface area contributed by atoms with E-state index in [0.717, 1.165) is 12.8 Å². The molecule has 1 aliphatic rings. The van der Waals surface area contributed by atoms with Gasteiger partial charge in [0.1, 0.15) is 0 Å². The summed E-state index contributed by atoms with van der Waals surface area (Å²) in [5, 5.41) is 2.43. The molecule has 1 aliphatic carbocycles. The second-order valence-electron chi connectivity index (χ2n) is 5.29. The third-order valence-corrected chi connectivity index (χ3v) is 3.72. The molecule has 0 heterocycles. The van der Waals surface area contributed by atoms with Crippen molar-refractivity contribution in [2.24, 2.45) is 11.7 Å². The maximum Gasteiger partial charge on any atom is 0.349 e. The van der Waals surface area contributed by atoms with Crippen molar-refractivity contribution in [2.75, 3.05) is 6.54 Å². The molecule has 1 aromatic rings. The van der Waals surface area contributed by atoms with Crippen LogP contribution >= 0.6 is 0 Å². The Kier molecular flexibility index (Phi) is 3.58. The predicted molar refractivity (Wildman–Crippen MR) is 68.7 cm³/mol. The number of hydrogen-bond donors (Lipinski definition) is 2. The van der Waals surface area contributed by atoms with Crippen molar-refractivity contribution in [3.05, 3.63) is 35.9 Å². The zero-order chi connectivity index (χ0) is 14.1. The van der Waals surface area contributed by atoms with Crippen molar-refractivity contribution in [1.29, 1.82) is 0 Å². The Bertz CT molecular complexity index is 460. The fourth-order valence-electron chi connectivity index (χ4n) is 2.16. The summed E-state index contributed by atoms with van der Waals surface area (Å²) in [7, 11) is 0. The van der Waals surface area contributed by atoms with E-state index in [4.69, 9.17) is 5.73 Å². The van der Waals surface area contributed by atoms with E-state index in [9.17, 15) is 13.6 Å². The average Bonchev–Trinajstić information content (AvgIpc) is 3.24. The lowest BCUT2D eigenvalue weighted by Crippen LogP contribution is -2.56. The van der Waals surface area contributed by atoms with E-state index in [1.807, 2.05) is 0 Å². The predicted octanol–water partition coefficient (Wildman–Crippen LogP) is 2.02. The molecule has 3 N–H and O–H groups in total. The Morgan fingerprint density at radius 2 is 1.95 bits per heavy atom. The number of nitrogens with two attached hydrogens (primary N) is 1. The molecule has 19 heavy (non-hydrogen) atoms. The van der Waals surface area contributed by atoms with Gasteiger partial charge in [0.05, 0.1) is 5.54 Å². The largest absolute Gasteiger partial charge is 0.349 e. The van der Waals surface area contributed by atoms with Crippen LogP contribution in [0, 0.1) is 5.92 Å². The molecule has 5 heteroatoms. The van der Waals surface area contributed by atoms with Crippen LogP contribution in [0.25, 0.3) is 0 Å². The number of benzene rings is 1. The molecule has 1 amide bonds. The maximum atomic E-state index is 14.0. The van der Waals surface area contributed by atoms with E-state index in [0.29, 0.717) is 0 Å². The number of nitrogens with one attached hydrogen (secondary N) is 1. The summed E-state index contributed by atoms with van der Waals surface area (Å²) in [6, 6.07) is 7.09. The van der Waals surface area contributed by atoms with Gasteiger partial charge in [0.2, 0.25) is 0 Å². The first-order valence-electron chi connectivity index (χ1n) is 6.36. The molecule has 0 aliphatic heterocycles. The highest BCUT2D eigenvalue weighted by Gasteiger charge is 2.47. The number of rotatable bonds is 5. The van der Waals surface area contributed by atoms with Crippen LogP contribution in [0.5, 0.6) is 0 Å². The van der Waals surface area contributed by atoms with Gasteiger partial charge in [-0.2, -0.15) is 8.78 Å². The Labute approximate surface area is 111 Å². The first-order chi connectivity index (χ1) is 8.90. The van der Waals surface area contributed by atoms with Crippen molar-refractivity contribution >= 4 is 5.91 Å². The van der Waals surface area contributed by atoms with Crippen molar-refractivity contribution < 1.29 is 13.6 Å². The molecular formula is C14H18F2N2O. The Morgan fingerprint density at radius 1 is 1.37 bits per heavy atom. The summed E-state index contributed by atoms with van der Waals surface area (Å²) in [6.07, 6.45) is 1.84. The molecule has 1 aromatic carbocycles. The van der Waals surface area contributed by atoms with Gasteiger partial charge in [-0.1, -0.05) is 30.3 Å². The highest BCUT2D eigenvalue weighted by atomic mass is 19.3. The van der Waals surface area contributed by atoms with Gasteiger partial charge in [0, 0.05) is 12.1 Å². The van der Waals surface area contributed by atoms with E-state index in [-0.39, 0.29) is 18.0 Å². The molecule has 3 nitrogen and oxygen atoms in total. The standard InChI is InChI=1S/C14H18F2N2O/c1-13(9-17,10-7-8-10)18-12(19)14(15,16)11-5-3-2-4-6-11/h2-6,10H,7-9,17H2,1H3,(H,18,19). The van der Waals surface area contributed by atoms with Crippen molar-refractivity contribution in [3.63, 3.8) is 0 Å². The number of alkyl halides is 2. The first-order valence-corrected chi connectivity index (χ1v) is 6.36. The second-order valence-corrected chi connectivity index (χ2v) is 5.29. The van der Waals surface area contributed by atoms with Crippen LogP contribution in [0.3, 0.4) is 0 Å². The lowest BCUT2D eigenvalue weighted by molar-refractivity contribution is -0.149. The van der Waals surface area contributed by atoms with Crippen molar-refractivity contribution in [1.82, 2.24) is 5.32 Å². The lowest BCUT2D eigenvalue weighted by atomic mass is 9.95. The topological polar surface area (TPSA) is 55.1 Å². The number of hydrogen-bond acceptors (Lipinski definition) is 2. The van der Waals surface area contributed by atoms with E-state index < -0.39 is 17.4 Å². The summed E-state index contributed by atoms with van der Waals surface area (Å²) >= 11 is 0. The van der Waals surface area contributed by atoms with Crippen LogP contribution < -0.4 is 11.1 Å². The first kappa shape index (κ1) is 13.9. The summed E-state index contributed by atoms with van der Waals surface area (Å²) in [4.78, 5) is 11.9. The monoisotopic (exact) mass is 268 g/mol. The summed E-state index contributed by atoms with van der Waals surface area (Å²) in [5.41, 5.74) is 4.57. The summed E-state index contributed by atoms with van der Waals surface area (Å²) < 4.78 is 28.1. The van der Waals surface area contributed by atoms with E-state index in [1.165, 1.54) is 24.3 Å². The quantitative estimate of drug-likeness (QED) is 0.858. The van der Waals surface area contributed by atoms with Gasteiger partial charge in [-0.05, 0) is 25.7 Å². The van der Waals surface area contributed by atoms with Crippen LogP contribution in [-0.4, -0.2) is 18.0 Å². The zero-order valence-electron chi connectivity index (χ0n) is 10.8. The van der Waals surface area contributed by atoms with Gasteiger partial charge in [-0.3, -0.25) is 4.79 Å². The van der Waals surface area contributed by atoms with E-state index in [1.54, 1.807) is 13.0 Å². The minimum absolute atomic E-state index is 0.161. The van der Waals surface area contributed by atoms with Crippen LogP contribution in [0.1, 0.15) is 25.3 Å². The van der Waals surface area contributed by atoms with E-state index >= 15 is 0 Å². The molecule has 0 spiro atoms. The van der Waals surface area contributed by atoms with Gasteiger partial charge in [0.25, 0.3) is 5.91 Å². The molecule has 2 rings (SSSR count). The van der Waals surface area contributed by atoms with E-state index in [2.05, 4.69) is 5.32 Å². The molecule has 104 valence electrons. The van der Waals surface area contributed by atoms with Gasteiger partial charge >= 0.3 is 5.92 Å². The third kappa shape index (κ3) is 2.76. The molecule has 0 radical (unpaired) electrons. The number of amides is 1. The van der Waals surface area contributed by atoms with Gasteiger partial charge in [0.15, 0.2) is 0 Å². The number of carbonyl (C=O) groups is 1. The minimum Gasteiger partial charge on any atom is -0.344 e. The number of halogens is 2. The molecule has 1 atom stereocenters. The zero-order valence-corrected chi connectivity index (χ0v) is 10.8. The molecule has 1 saturated carbocycles. The SMILES string of the molecule is CC(CN)(NC(=O)C(F)(F)c1ccccc1)C1CC1. The van der Waals surface area contributed by atoms with Crippen molar-refractivity contribution in [2.45, 2.75) is 31.2 Å². The molecular weight excluding hydrogens is 250 g/mol. The minimum atomic E-state index is -3.54. The third-order valence-electron chi connectivity index (χ3n) is 3.72. The van der Waals surface area contributed by atoms with Gasteiger partial charge < -0.3 is 11.1 Å². The molecule has 1 unspecified atom stereocenters. The second kappa shape index (κ2) is 4.89. The molecule has 0 saturated heterocycles. The molecule has 1 fully saturated rings. The lowest BCUT2D eigenvalue weighted by Gasteiger charge is -2.31. The maximum absolute atomic E-state index is 14.0. The Morgan fingerprint density at radius 3 is 2.42 bits per heavy atom. The van der Waals surface area contributed by atoms with Gasteiger partial charge in [-0.25, -0.2) is 0 Å². The molecule has 0 aromatic heterocycles. The highest BCUT2D eigenvalue weighted by molar-refractivity contribution is 5.85. The normalized spacial score (nSPS) is 18.7. The fourth-order valence-corrected chi connectivity index (χ4v) is 2.16. The van der Waals surface area contributed by atoms with Crippen LogP contribution in [0.15, 0.2) is 30.3 Å². The molecule has 0 bridgehead atoms. The number of carbonyl (C=O) groups excluding carboxylic acids is 1. The summed E-state index contributed by atoms with van der Waals surface area (Å²) in [6.45, 7) is 1.89. The average molecular weight is 268 g/mol. The summed E-state index contributed by atoms with van der Waals surface area (Å²) in [5.74, 6) is -4.61. The smallest absolute Gasteiger partial charge is 0.344 e. The Hall–Kier alpha value is -1.49. The Balaban J connectivity index is 2.15. The van der Waals surface area contributed by atoms with Crippen LogP contribution in [-0.2, 0) is 10.7 Å². The highest BCUT2D eigenvalue weighted by Crippen LogP contribution is 2.40. The van der Waals surface area contributed by atoms with Crippen LogP contribution in [0.2, 0.25) is 0 Å². The van der Waals surface area contributed by atoms with Crippen molar-refractivity contribution in [3.8, 4) is 0 Å². The fraction of sp³-hybridized carbons (Fsp3) is 0.500.